The van der Waals surface area contributed by atoms with Gasteiger partial charge in [-0.1, -0.05) is 168 Å². The number of hydrogen-bond acceptors (Lipinski definition) is 15. The van der Waals surface area contributed by atoms with Crippen LogP contribution >= 0.6 is 0 Å². The first-order chi connectivity index (χ1) is 37.4. The number of likely N-dealkylation sites (tertiary alicyclic amines) is 1. The maximum atomic E-state index is 14.3. The van der Waals surface area contributed by atoms with E-state index in [1.54, 1.807) is 0 Å². The van der Waals surface area contributed by atoms with Gasteiger partial charge in [0.25, 0.3) is 0 Å². The fourth-order valence-corrected chi connectivity index (χ4v) is 9.68. The lowest BCUT2D eigenvalue weighted by Gasteiger charge is -2.37. The molecule has 0 aromatic rings. The summed E-state index contributed by atoms with van der Waals surface area (Å²) < 4.78 is 40.4. The third-order valence-electron chi connectivity index (χ3n) is 14.5. The monoisotopic (exact) mass is 1090 g/mol. The molecule has 444 valence electrons. The number of carbonyl (C=O) groups excluding carboxylic acids is 7. The highest BCUT2D eigenvalue weighted by atomic mass is 16.6. The average Bonchev–Trinajstić information content (AvgIpc) is 3.63. The van der Waals surface area contributed by atoms with Gasteiger partial charge in [-0.25, -0.2) is 4.79 Å². The summed E-state index contributed by atoms with van der Waals surface area (Å²) in [6.45, 7) is 9.19. The van der Waals surface area contributed by atoms with E-state index < -0.39 is 42.0 Å². The molecule has 1 saturated heterocycles. The van der Waals surface area contributed by atoms with E-state index >= 15 is 0 Å². The van der Waals surface area contributed by atoms with E-state index in [9.17, 15) is 33.6 Å². The average molecular weight is 1090 g/mol. The molecule has 2 rings (SSSR count). The zero-order valence-corrected chi connectivity index (χ0v) is 48.8. The van der Waals surface area contributed by atoms with Gasteiger partial charge in [0.1, 0.15) is 19.3 Å². The lowest BCUT2D eigenvalue weighted by Crippen LogP contribution is -2.52. The molecular weight excluding hydrogens is 985 g/mol. The van der Waals surface area contributed by atoms with E-state index in [1.165, 1.54) is 4.90 Å². The SMILES string of the molecule is CCCCCCCCC(=O)OCC(COC(=O)CCCCCCCC)CC(=O)OC[C@H]1CC=CC[C@@H](COC(=O)CC(COC(=O)CCCCCCCC)COC(=O)CCCCCCCC)N1C(=O)OC1CCCN(C)C1. The Hall–Kier alpha value is -4.21. The number of piperidine rings is 1. The minimum absolute atomic E-state index is 0.119. The van der Waals surface area contributed by atoms with Crippen molar-refractivity contribution >= 4 is 41.9 Å². The molecule has 0 N–H and O–H groups in total. The van der Waals surface area contributed by atoms with Gasteiger partial charge < -0.3 is 38.1 Å². The van der Waals surface area contributed by atoms with Gasteiger partial charge in [0.05, 0.1) is 51.4 Å². The molecule has 77 heavy (non-hydrogen) atoms. The molecule has 0 aromatic carbocycles. The van der Waals surface area contributed by atoms with Crippen molar-refractivity contribution in [1.29, 1.82) is 0 Å². The largest absolute Gasteiger partial charge is 0.465 e. The summed E-state index contributed by atoms with van der Waals surface area (Å²) in [5, 5.41) is 0. The van der Waals surface area contributed by atoms with Crippen LogP contribution < -0.4 is 0 Å². The van der Waals surface area contributed by atoms with Crippen LogP contribution in [0.5, 0.6) is 0 Å². The fourth-order valence-electron chi connectivity index (χ4n) is 9.68. The predicted molar refractivity (Wildman–Crippen MR) is 299 cm³/mol. The van der Waals surface area contributed by atoms with E-state index in [4.69, 9.17) is 33.2 Å². The van der Waals surface area contributed by atoms with Crippen molar-refractivity contribution in [3.63, 3.8) is 0 Å². The topological polar surface area (TPSA) is 191 Å². The van der Waals surface area contributed by atoms with Gasteiger partial charge in [-0.05, 0) is 65.0 Å². The van der Waals surface area contributed by atoms with Crippen LogP contribution in [-0.4, -0.2) is 130 Å². The number of unbranched alkanes of at least 4 members (excludes halogenated alkanes) is 20. The van der Waals surface area contributed by atoms with Crippen molar-refractivity contribution in [1.82, 2.24) is 9.80 Å². The van der Waals surface area contributed by atoms with Gasteiger partial charge in [0.2, 0.25) is 0 Å². The second-order valence-electron chi connectivity index (χ2n) is 21.9. The molecule has 0 aromatic heterocycles. The smallest absolute Gasteiger partial charge is 0.410 e. The van der Waals surface area contributed by atoms with Crippen molar-refractivity contribution in [2.75, 3.05) is 59.8 Å². The van der Waals surface area contributed by atoms with Crippen LogP contribution in [0.4, 0.5) is 4.79 Å². The molecule has 1 amide bonds. The summed E-state index contributed by atoms with van der Waals surface area (Å²) >= 11 is 0. The first-order valence-electron chi connectivity index (χ1n) is 30.6. The zero-order valence-electron chi connectivity index (χ0n) is 48.8. The van der Waals surface area contributed by atoms with Crippen LogP contribution in [0.1, 0.15) is 246 Å². The Morgan fingerprint density at radius 2 is 0.766 bits per heavy atom. The summed E-state index contributed by atoms with van der Waals surface area (Å²) in [6.07, 6.45) is 30.2. The Morgan fingerprint density at radius 3 is 1.09 bits per heavy atom. The second kappa shape index (κ2) is 45.6. The summed E-state index contributed by atoms with van der Waals surface area (Å²) in [5.41, 5.74) is 0. The number of esters is 6. The summed E-state index contributed by atoms with van der Waals surface area (Å²) in [4.78, 5) is 96.4. The third-order valence-corrected chi connectivity index (χ3v) is 14.5. The van der Waals surface area contributed by atoms with E-state index in [0.717, 1.165) is 141 Å². The minimum atomic E-state index is -0.691. The molecule has 3 atom stereocenters. The Balaban J connectivity index is 2.18. The normalized spacial score (nSPS) is 16.7. The predicted octanol–water partition coefficient (Wildman–Crippen LogP) is 12.9. The number of amides is 1. The van der Waals surface area contributed by atoms with E-state index in [0.29, 0.717) is 51.5 Å². The van der Waals surface area contributed by atoms with Gasteiger partial charge in [-0.3, -0.25) is 33.7 Å². The molecule has 0 aliphatic carbocycles. The molecule has 0 bridgehead atoms. The van der Waals surface area contributed by atoms with Crippen LogP contribution in [0.15, 0.2) is 12.2 Å². The molecule has 0 radical (unpaired) electrons. The summed E-state index contributed by atoms with van der Waals surface area (Å²) in [5.74, 6) is -3.99. The number of carbonyl (C=O) groups is 7. The van der Waals surface area contributed by atoms with Crippen molar-refractivity contribution < 1.29 is 66.7 Å². The van der Waals surface area contributed by atoms with E-state index in [2.05, 4.69) is 32.6 Å². The third kappa shape index (κ3) is 35.8. The summed E-state index contributed by atoms with van der Waals surface area (Å²) in [7, 11) is 1.97. The van der Waals surface area contributed by atoms with Crippen molar-refractivity contribution in [3.05, 3.63) is 12.2 Å². The Morgan fingerprint density at radius 1 is 0.442 bits per heavy atom. The Kier molecular flexibility index (Phi) is 40.8. The van der Waals surface area contributed by atoms with E-state index in [-0.39, 0.29) is 108 Å². The van der Waals surface area contributed by atoms with E-state index in [1.807, 2.05) is 19.2 Å². The highest BCUT2D eigenvalue weighted by Crippen LogP contribution is 2.24. The fraction of sp³-hybridized carbons (Fsp3) is 0.852. The number of hydrogen-bond donors (Lipinski definition) is 0. The zero-order chi connectivity index (χ0) is 56.1. The van der Waals surface area contributed by atoms with Gasteiger partial charge in [0, 0.05) is 44.1 Å². The first-order valence-corrected chi connectivity index (χ1v) is 30.6. The molecule has 2 aliphatic heterocycles. The molecular formula is C61H106N2O14. The highest BCUT2D eigenvalue weighted by Gasteiger charge is 2.36. The number of ether oxygens (including phenoxy) is 7. The van der Waals surface area contributed by atoms with Crippen molar-refractivity contribution in [3.8, 4) is 0 Å². The quantitative estimate of drug-likeness (QED) is 0.0242. The maximum absolute atomic E-state index is 14.3. The lowest BCUT2D eigenvalue weighted by molar-refractivity contribution is -0.156. The van der Waals surface area contributed by atoms with Gasteiger partial charge >= 0.3 is 41.9 Å². The first kappa shape index (κ1) is 68.9. The van der Waals surface area contributed by atoms with Crippen molar-refractivity contribution in [2.45, 2.75) is 264 Å². The molecule has 0 spiro atoms. The van der Waals surface area contributed by atoms with Gasteiger partial charge in [-0.15, -0.1) is 0 Å². The van der Waals surface area contributed by atoms with Crippen LogP contribution in [0, 0.1) is 11.8 Å². The Bertz CT molecular complexity index is 1480. The minimum Gasteiger partial charge on any atom is -0.465 e. The summed E-state index contributed by atoms with van der Waals surface area (Å²) in [6, 6.07) is -1.38. The number of rotatable bonds is 45. The molecule has 1 unspecified atom stereocenters. The molecule has 0 saturated carbocycles. The highest BCUT2D eigenvalue weighted by molar-refractivity contribution is 5.73. The van der Waals surface area contributed by atoms with Gasteiger partial charge in [0.15, 0.2) is 0 Å². The lowest BCUT2D eigenvalue weighted by atomic mass is 10.1. The standard InChI is InChI=1S/C61H106N2O14/c1-6-10-14-18-22-26-36-55(64)71-44-50(45-72-56(65)37-27-23-19-15-11-7-2)41-59(68)75-48-52-33-30-31-34-53(63(52)61(70)77-54-35-32-40-62(5)43-54)49-76-60(69)42-51(46-73-57(66)38-28-24-20-16-12-8-3)47-74-58(67)39-29-25-21-17-13-9-4/h30-31,50-54H,6-29,32-49H2,1-5H3/t52-,53+,54?. The Labute approximate surface area is 464 Å². The van der Waals surface area contributed by atoms with Crippen LogP contribution in [0.25, 0.3) is 0 Å². The van der Waals surface area contributed by atoms with Crippen LogP contribution in [0.2, 0.25) is 0 Å². The number of nitrogens with zero attached hydrogens (tertiary/aromatic N) is 2. The second-order valence-corrected chi connectivity index (χ2v) is 21.9. The maximum Gasteiger partial charge on any atom is 0.410 e. The molecule has 1 fully saturated rings. The van der Waals surface area contributed by atoms with Crippen LogP contribution in [-0.2, 0) is 61.9 Å². The molecule has 2 heterocycles. The molecule has 2 aliphatic rings. The van der Waals surface area contributed by atoms with Gasteiger partial charge in [-0.2, -0.15) is 0 Å². The number of likely N-dealkylation sites (N-methyl/N-ethyl adjacent to an activating group) is 1. The van der Waals surface area contributed by atoms with Crippen molar-refractivity contribution in [2.24, 2.45) is 11.8 Å². The molecule has 16 nitrogen and oxygen atoms in total. The molecule has 16 heteroatoms. The van der Waals surface area contributed by atoms with Crippen LogP contribution in [0.3, 0.4) is 0 Å².